The summed E-state index contributed by atoms with van der Waals surface area (Å²) in [6.07, 6.45) is 2.76. The summed E-state index contributed by atoms with van der Waals surface area (Å²) in [5.41, 5.74) is 0.584. The van der Waals surface area contributed by atoms with Gasteiger partial charge in [0.2, 0.25) is 10.0 Å². The Labute approximate surface area is 137 Å². The topological polar surface area (TPSA) is 75.7 Å². The van der Waals surface area contributed by atoms with Gasteiger partial charge in [-0.25, -0.2) is 13.1 Å². The lowest BCUT2D eigenvalue weighted by Gasteiger charge is -2.32. The summed E-state index contributed by atoms with van der Waals surface area (Å²) in [6, 6.07) is 6.83. The fourth-order valence-corrected chi connectivity index (χ4v) is 3.49. The van der Waals surface area contributed by atoms with Crippen LogP contribution in [0.4, 0.5) is 0 Å². The summed E-state index contributed by atoms with van der Waals surface area (Å²) < 4.78 is 30.8. The molecule has 1 aliphatic rings. The number of hydrogen-bond donors (Lipinski definition) is 1. The van der Waals surface area contributed by atoms with Crippen LogP contribution in [0.2, 0.25) is 0 Å². The third-order valence-corrected chi connectivity index (χ3v) is 4.32. The van der Waals surface area contributed by atoms with Crippen molar-refractivity contribution in [2.24, 2.45) is 0 Å². The highest BCUT2D eigenvalue weighted by Crippen LogP contribution is 2.18. The van der Waals surface area contributed by atoms with Gasteiger partial charge in [-0.1, -0.05) is 0 Å². The zero-order valence-corrected chi connectivity index (χ0v) is 14.6. The van der Waals surface area contributed by atoms with E-state index in [-0.39, 0.29) is 18.1 Å². The van der Waals surface area contributed by atoms with Crippen molar-refractivity contribution in [2.45, 2.75) is 38.8 Å². The molecule has 0 spiro atoms. The summed E-state index contributed by atoms with van der Waals surface area (Å²) in [7, 11) is -3.26. The first-order valence-corrected chi connectivity index (χ1v) is 9.67. The number of carbonyl (C=O) groups is 1. The van der Waals surface area contributed by atoms with E-state index < -0.39 is 10.0 Å². The monoisotopic (exact) mass is 340 g/mol. The van der Waals surface area contributed by atoms with E-state index in [9.17, 15) is 13.2 Å². The van der Waals surface area contributed by atoms with E-state index in [1.807, 2.05) is 13.8 Å². The summed E-state index contributed by atoms with van der Waals surface area (Å²) in [5.74, 6) is 0.646. The van der Waals surface area contributed by atoms with Gasteiger partial charge >= 0.3 is 0 Å². The Kier molecular flexibility index (Phi) is 5.64. The van der Waals surface area contributed by atoms with Crippen LogP contribution in [0.1, 0.15) is 37.0 Å². The number of piperidine rings is 1. The first-order valence-electron chi connectivity index (χ1n) is 7.78. The number of ether oxygens (including phenoxy) is 1. The van der Waals surface area contributed by atoms with Crippen LogP contribution in [0.5, 0.6) is 5.75 Å². The highest BCUT2D eigenvalue weighted by molar-refractivity contribution is 7.88. The molecule has 1 amide bonds. The van der Waals surface area contributed by atoms with Crippen molar-refractivity contribution in [1.82, 2.24) is 9.62 Å². The quantitative estimate of drug-likeness (QED) is 0.884. The number of hydrogen-bond acceptors (Lipinski definition) is 4. The van der Waals surface area contributed by atoms with Crippen LogP contribution in [0.3, 0.4) is 0 Å². The normalized spacial score (nSPS) is 19.0. The molecule has 1 N–H and O–H groups in total. The SMILES string of the molecule is CC(C)Oc1ccc(C(=O)N2CCCC(NS(C)(=O)=O)C2)cc1. The second-order valence-electron chi connectivity index (χ2n) is 6.17. The lowest BCUT2D eigenvalue weighted by molar-refractivity contribution is 0.0703. The summed E-state index contributed by atoms with van der Waals surface area (Å²) in [6.45, 7) is 4.94. The molecule has 128 valence electrons. The zero-order valence-electron chi connectivity index (χ0n) is 13.8. The second-order valence-corrected chi connectivity index (χ2v) is 7.95. The first kappa shape index (κ1) is 17.7. The van der Waals surface area contributed by atoms with Crippen LogP contribution in [0.25, 0.3) is 0 Å². The van der Waals surface area contributed by atoms with Gasteiger partial charge in [-0.15, -0.1) is 0 Å². The zero-order chi connectivity index (χ0) is 17.0. The van der Waals surface area contributed by atoms with E-state index in [1.165, 1.54) is 0 Å². The Balaban J connectivity index is 2.01. The Hall–Kier alpha value is -1.60. The van der Waals surface area contributed by atoms with Gasteiger partial charge in [0.25, 0.3) is 5.91 Å². The average molecular weight is 340 g/mol. The van der Waals surface area contributed by atoms with Crippen molar-refractivity contribution in [3.63, 3.8) is 0 Å². The molecule has 1 aromatic rings. The third-order valence-electron chi connectivity index (χ3n) is 3.56. The van der Waals surface area contributed by atoms with E-state index in [2.05, 4.69) is 4.72 Å². The third kappa shape index (κ3) is 5.51. The minimum absolute atomic E-state index is 0.0823. The molecule has 1 unspecified atom stereocenters. The van der Waals surface area contributed by atoms with Gasteiger partial charge in [-0.05, 0) is 51.0 Å². The number of rotatable bonds is 5. The largest absolute Gasteiger partial charge is 0.491 e. The van der Waals surface area contributed by atoms with Crippen LogP contribution in [0.15, 0.2) is 24.3 Å². The number of benzene rings is 1. The average Bonchev–Trinajstić information content (AvgIpc) is 2.45. The summed E-state index contributed by atoms with van der Waals surface area (Å²) >= 11 is 0. The predicted molar refractivity (Wildman–Crippen MR) is 89.1 cm³/mol. The number of nitrogens with one attached hydrogen (secondary N) is 1. The van der Waals surface area contributed by atoms with E-state index in [0.29, 0.717) is 18.7 Å². The molecule has 1 fully saturated rings. The van der Waals surface area contributed by atoms with Gasteiger partial charge in [-0.2, -0.15) is 0 Å². The van der Waals surface area contributed by atoms with E-state index in [4.69, 9.17) is 4.74 Å². The van der Waals surface area contributed by atoms with Crippen molar-refractivity contribution < 1.29 is 17.9 Å². The van der Waals surface area contributed by atoms with Gasteiger partial charge < -0.3 is 9.64 Å². The van der Waals surface area contributed by atoms with Crippen molar-refractivity contribution in [3.8, 4) is 5.75 Å². The molecule has 1 saturated heterocycles. The van der Waals surface area contributed by atoms with Gasteiger partial charge in [0.15, 0.2) is 0 Å². The van der Waals surface area contributed by atoms with Crippen LogP contribution in [-0.2, 0) is 10.0 Å². The number of likely N-dealkylation sites (tertiary alicyclic amines) is 1. The highest BCUT2D eigenvalue weighted by atomic mass is 32.2. The van der Waals surface area contributed by atoms with Gasteiger partial charge in [-0.3, -0.25) is 4.79 Å². The van der Waals surface area contributed by atoms with Gasteiger partial charge in [0.1, 0.15) is 5.75 Å². The maximum atomic E-state index is 12.6. The molecule has 6 nitrogen and oxygen atoms in total. The fourth-order valence-electron chi connectivity index (χ4n) is 2.69. The molecule has 0 radical (unpaired) electrons. The maximum Gasteiger partial charge on any atom is 0.253 e. The van der Waals surface area contributed by atoms with E-state index >= 15 is 0 Å². The predicted octanol–water partition coefficient (Wildman–Crippen LogP) is 1.63. The molecule has 1 aliphatic heterocycles. The van der Waals surface area contributed by atoms with E-state index in [1.54, 1.807) is 29.2 Å². The van der Waals surface area contributed by atoms with Crippen molar-refractivity contribution >= 4 is 15.9 Å². The molecule has 1 heterocycles. The lowest BCUT2D eigenvalue weighted by atomic mass is 10.1. The molecular formula is C16H24N2O4S. The minimum Gasteiger partial charge on any atom is -0.491 e. The molecule has 1 aromatic carbocycles. The van der Waals surface area contributed by atoms with Gasteiger partial charge in [0.05, 0.1) is 12.4 Å². The molecule has 2 rings (SSSR count). The van der Waals surface area contributed by atoms with Crippen LogP contribution < -0.4 is 9.46 Å². The molecule has 0 saturated carbocycles. The molecule has 23 heavy (non-hydrogen) atoms. The lowest BCUT2D eigenvalue weighted by Crippen LogP contribution is -2.49. The minimum atomic E-state index is -3.26. The van der Waals surface area contributed by atoms with Crippen LogP contribution >= 0.6 is 0 Å². The van der Waals surface area contributed by atoms with Crippen molar-refractivity contribution in [3.05, 3.63) is 29.8 Å². The van der Waals surface area contributed by atoms with Crippen LogP contribution in [0, 0.1) is 0 Å². The number of nitrogens with zero attached hydrogens (tertiary/aromatic N) is 1. The molecule has 7 heteroatoms. The Bertz CT molecular complexity index is 641. The second kappa shape index (κ2) is 7.31. The summed E-state index contributed by atoms with van der Waals surface area (Å²) in [5, 5.41) is 0. The number of sulfonamides is 1. The van der Waals surface area contributed by atoms with Gasteiger partial charge in [0, 0.05) is 24.7 Å². The van der Waals surface area contributed by atoms with Crippen molar-refractivity contribution in [2.75, 3.05) is 19.3 Å². The van der Waals surface area contributed by atoms with Crippen molar-refractivity contribution in [1.29, 1.82) is 0 Å². The number of carbonyl (C=O) groups excluding carboxylic acids is 1. The maximum absolute atomic E-state index is 12.6. The molecule has 1 atom stereocenters. The summed E-state index contributed by atoms with van der Waals surface area (Å²) in [4.78, 5) is 14.3. The standard InChI is InChI=1S/C16H24N2O4S/c1-12(2)22-15-8-6-13(7-9-15)16(19)18-10-4-5-14(11-18)17-23(3,20)21/h6-9,12,14,17H,4-5,10-11H2,1-3H3. The molecule has 0 aromatic heterocycles. The van der Waals surface area contributed by atoms with E-state index in [0.717, 1.165) is 24.8 Å². The number of amides is 1. The molecule has 0 aliphatic carbocycles. The fraction of sp³-hybridized carbons (Fsp3) is 0.562. The Morgan fingerprint density at radius 3 is 2.52 bits per heavy atom. The highest BCUT2D eigenvalue weighted by Gasteiger charge is 2.26. The Morgan fingerprint density at radius 1 is 1.30 bits per heavy atom. The smallest absolute Gasteiger partial charge is 0.253 e. The molecular weight excluding hydrogens is 316 g/mol. The van der Waals surface area contributed by atoms with Crippen LogP contribution in [-0.4, -0.2) is 50.7 Å². The first-order chi connectivity index (χ1) is 10.7. The Morgan fingerprint density at radius 2 is 1.96 bits per heavy atom. The molecule has 0 bridgehead atoms.